The number of aromatic nitrogens is 1. The molecule has 5 atom stereocenters. The van der Waals surface area contributed by atoms with Crippen LogP contribution in [0.4, 0.5) is 0 Å². The largest absolute Gasteiger partial charge is 0.481 e. The maximum atomic E-state index is 13.1. The normalized spacial score (nSPS) is 29.8. The Morgan fingerprint density at radius 3 is 2.80 bits per heavy atom. The molecule has 4 N–H and O–H groups in total. The molecule has 0 saturated heterocycles. The lowest BCUT2D eigenvalue weighted by molar-refractivity contribution is -0.143. The van der Waals surface area contributed by atoms with Crippen molar-refractivity contribution in [2.45, 2.75) is 50.4 Å². The second-order valence-corrected chi connectivity index (χ2v) is 11.1. The van der Waals surface area contributed by atoms with Crippen molar-refractivity contribution in [2.24, 2.45) is 11.8 Å². The maximum absolute atomic E-state index is 13.1. The van der Waals surface area contributed by atoms with Gasteiger partial charge in [-0.05, 0) is 38.5 Å². The van der Waals surface area contributed by atoms with Crippen LogP contribution in [0.25, 0.3) is 0 Å². The smallest absolute Gasteiger partial charge is 0.306 e. The minimum Gasteiger partial charge on any atom is -0.481 e. The predicted octanol–water partition coefficient (Wildman–Crippen LogP) is 1.76. The summed E-state index contributed by atoms with van der Waals surface area (Å²) in [6, 6.07) is -0.919. The van der Waals surface area contributed by atoms with Crippen LogP contribution >= 0.6 is 22.9 Å². The molecule has 9 nitrogen and oxygen atoms in total. The zero-order valence-corrected chi connectivity index (χ0v) is 20.9. The van der Waals surface area contributed by atoms with Gasteiger partial charge in [-0.3, -0.25) is 14.4 Å². The summed E-state index contributed by atoms with van der Waals surface area (Å²) in [6.07, 6.45) is 9.42. The molecule has 1 aromatic rings. The predicted molar refractivity (Wildman–Crippen MR) is 132 cm³/mol. The van der Waals surface area contributed by atoms with Gasteiger partial charge in [-0.25, -0.2) is 4.98 Å². The highest BCUT2D eigenvalue weighted by molar-refractivity contribution is 7.13. The number of amides is 2. The molecule has 2 unspecified atom stereocenters. The van der Waals surface area contributed by atoms with Gasteiger partial charge >= 0.3 is 5.97 Å². The van der Waals surface area contributed by atoms with E-state index in [4.69, 9.17) is 11.6 Å². The molecule has 5 rings (SSSR count). The summed E-state index contributed by atoms with van der Waals surface area (Å²) in [5.41, 5.74) is 1.41. The van der Waals surface area contributed by atoms with Gasteiger partial charge in [-0.2, -0.15) is 0 Å². The van der Waals surface area contributed by atoms with Gasteiger partial charge in [0.15, 0.2) is 5.01 Å². The van der Waals surface area contributed by atoms with Crippen LogP contribution < -0.4 is 16.0 Å². The topological polar surface area (TPSA) is 124 Å². The molecule has 0 spiro atoms. The number of fused-ring (bicyclic) bond motifs is 2. The van der Waals surface area contributed by atoms with Crippen molar-refractivity contribution in [2.75, 3.05) is 13.6 Å². The number of carbonyl (C=O) groups excluding carboxylic acids is 2. The Balaban J connectivity index is 1.28. The Bertz CT molecular complexity index is 1140. The lowest BCUT2D eigenvalue weighted by Gasteiger charge is -2.35. The number of likely N-dealkylation sites (N-methyl/N-ethyl adjacent to an activating group) is 1. The van der Waals surface area contributed by atoms with Crippen molar-refractivity contribution < 1.29 is 19.5 Å². The standard InChI is InChI=1S/C24H28ClN5O4S/c1-30-7-6-17-20(11-30)35-23(29-17)22(32)28-18-9-12(24(33)34)2-4-16(18)27-21(31)19-10-13-8-14(25)3-5-15(13)26-19/h3,5,8,10,12-13,15-16,18,26H,2,4,6-7,9,11H2,1H3,(H,27,31)(H,28,32)(H,33,34)/t12-,13?,15?,16-,18+/m0/s1. The second kappa shape index (κ2) is 9.75. The van der Waals surface area contributed by atoms with E-state index in [1.807, 2.05) is 25.3 Å². The van der Waals surface area contributed by atoms with Crippen LogP contribution in [0.5, 0.6) is 0 Å². The van der Waals surface area contributed by atoms with Gasteiger partial charge in [-0.1, -0.05) is 23.8 Å². The Kier molecular flexibility index (Phi) is 6.69. The average molecular weight is 518 g/mol. The van der Waals surface area contributed by atoms with E-state index in [0.717, 1.165) is 30.1 Å². The third-order valence-corrected chi connectivity index (χ3v) is 8.44. The van der Waals surface area contributed by atoms with Crippen molar-refractivity contribution in [3.63, 3.8) is 0 Å². The van der Waals surface area contributed by atoms with E-state index in [0.29, 0.717) is 28.6 Å². The minimum absolute atomic E-state index is 0.00137. The Morgan fingerprint density at radius 2 is 2.00 bits per heavy atom. The summed E-state index contributed by atoms with van der Waals surface area (Å²) in [5.74, 6) is -2.06. The van der Waals surface area contributed by atoms with Gasteiger partial charge < -0.3 is 26.0 Å². The molecule has 4 aliphatic rings. The van der Waals surface area contributed by atoms with E-state index in [9.17, 15) is 19.5 Å². The molecule has 2 aliphatic heterocycles. The van der Waals surface area contributed by atoms with Crippen molar-refractivity contribution in [1.29, 1.82) is 0 Å². The van der Waals surface area contributed by atoms with Crippen LogP contribution in [0.3, 0.4) is 0 Å². The molecule has 2 amide bonds. The minimum atomic E-state index is -0.888. The Hall–Kier alpha value is -2.69. The second-order valence-electron chi connectivity index (χ2n) is 9.62. The van der Waals surface area contributed by atoms with Crippen molar-refractivity contribution >= 4 is 40.7 Å². The fourth-order valence-corrected chi connectivity index (χ4v) is 6.46. The number of nitrogens with zero attached hydrogens (tertiary/aromatic N) is 2. The molecule has 1 fully saturated rings. The molecule has 2 aliphatic carbocycles. The summed E-state index contributed by atoms with van der Waals surface area (Å²) in [6.45, 7) is 1.67. The quantitative estimate of drug-likeness (QED) is 0.469. The number of allylic oxidation sites excluding steroid dienone is 2. The summed E-state index contributed by atoms with van der Waals surface area (Å²) in [5, 5.41) is 19.8. The number of hydrogen-bond donors (Lipinski definition) is 4. The van der Waals surface area contributed by atoms with Crippen molar-refractivity contribution in [1.82, 2.24) is 25.8 Å². The molecule has 0 bridgehead atoms. The number of carbonyl (C=O) groups is 3. The van der Waals surface area contributed by atoms with Gasteiger partial charge in [0.05, 0.1) is 29.4 Å². The highest BCUT2D eigenvalue weighted by Crippen LogP contribution is 2.29. The van der Waals surface area contributed by atoms with E-state index in [2.05, 4.69) is 25.8 Å². The van der Waals surface area contributed by atoms with Crippen LogP contribution in [0.2, 0.25) is 0 Å². The zero-order chi connectivity index (χ0) is 24.7. The number of nitrogens with one attached hydrogen (secondary N) is 3. The van der Waals surface area contributed by atoms with E-state index in [-0.39, 0.29) is 36.2 Å². The third kappa shape index (κ3) is 5.14. The van der Waals surface area contributed by atoms with Gasteiger partial charge in [0, 0.05) is 41.4 Å². The molecule has 1 aromatic heterocycles. The van der Waals surface area contributed by atoms with Crippen LogP contribution in [-0.4, -0.2) is 64.5 Å². The van der Waals surface area contributed by atoms with Crippen molar-refractivity contribution in [3.8, 4) is 0 Å². The Labute approximate surface area is 212 Å². The molecule has 0 radical (unpaired) electrons. The van der Waals surface area contributed by atoms with Crippen LogP contribution in [0.15, 0.2) is 35.0 Å². The van der Waals surface area contributed by atoms with Gasteiger partial charge in [0.25, 0.3) is 11.8 Å². The average Bonchev–Trinajstić information content (AvgIpc) is 3.43. The van der Waals surface area contributed by atoms with Crippen LogP contribution in [0.1, 0.15) is 39.6 Å². The first kappa shape index (κ1) is 24.0. The highest BCUT2D eigenvalue weighted by atomic mass is 35.5. The number of thiazole rings is 1. The molecule has 0 aromatic carbocycles. The summed E-state index contributed by atoms with van der Waals surface area (Å²) in [7, 11) is 2.04. The first-order valence-electron chi connectivity index (χ1n) is 11.8. The van der Waals surface area contributed by atoms with Crippen LogP contribution in [0, 0.1) is 11.8 Å². The maximum Gasteiger partial charge on any atom is 0.306 e. The number of carboxylic acids is 1. The number of hydrogen-bond acceptors (Lipinski definition) is 7. The fourth-order valence-electron chi connectivity index (χ4n) is 5.15. The van der Waals surface area contributed by atoms with Gasteiger partial charge in [0.2, 0.25) is 0 Å². The SMILES string of the molecule is CN1CCc2nc(C(=O)N[C@@H]3C[C@@H](C(=O)O)CC[C@@H]3NC(=O)C3=CC4C=C(Cl)C=CC4N3)sc2C1. The summed E-state index contributed by atoms with van der Waals surface area (Å²) >= 11 is 7.47. The monoisotopic (exact) mass is 517 g/mol. The van der Waals surface area contributed by atoms with Gasteiger partial charge in [-0.15, -0.1) is 11.3 Å². The van der Waals surface area contributed by atoms with E-state index in [1.165, 1.54) is 11.3 Å². The van der Waals surface area contributed by atoms with Gasteiger partial charge in [0.1, 0.15) is 0 Å². The molecule has 186 valence electrons. The molecule has 35 heavy (non-hydrogen) atoms. The first-order valence-corrected chi connectivity index (χ1v) is 13.0. The zero-order valence-electron chi connectivity index (χ0n) is 19.3. The number of halogens is 1. The number of carboxylic acid groups (broad SMARTS) is 1. The molecular weight excluding hydrogens is 490 g/mol. The lowest BCUT2D eigenvalue weighted by atomic mass is 9.82. The molecule has 1 saturated carbocycles. The van der Waals surface area contributed by atoms with E-state index in [1.54, 1.807) is 6.08 Å². The van der Waals surface area contributed by atoms with Crippen molar-refractivity contribution in [3.05, 3.63) is 50.6 Å². The third-order valence-electron chi connectivity index (χ3n) is 7.10. The number of aliphatic carboxylic acids is 1. The summed E-state index contributed by atoms with van der Waals surface area (Å²) < 4.78 is 0. The molecule has 3 heterocycles. The summed E-state index contributed by atoms with van der Waals surface area (Å²) in [4.78, 5) is 45.6. The first-order chi connectivity index (χ1) is 16.8. The highest BCUT2D eigenvalue weighted by Gasteiger charge is 2.38. The fraction of sp³-hybridized carbons (Fsp3) is 0.500. The molecular formula is C24H28ClN5O4S. The van der Waals surface area contributed by atoms with E-state index < -0.39 is 17.9 Å². The number of rotatable bonds is 5. The van der Waals surface area contributed by atoms with Crippen LogP contribution in [-0.2, 0) is 22.6 Å². The molecule has 11 heteroatoms. The van der Waals surface area contributed by atoms with E-state index >= 15 is 0 Å². The lowest BCUT2D eigenvalue weighted by Crippen LogP contribution is -2.56. The Morgan fingerprint density at radius 1 is 1.20 bits per heavy atom.